The molecule has 4 heteroatoms. The van der Waals surface area contributed by atoms with Crippen molar-refractivity contribution in [3.05, 3.63) is 0 Å². The average Bonchev–Trinajstić information content (AvgIpc) is 2.03. The van der Waals surface area contributed by atoms with Crippen molar-refractivity contribution in [3.63, 3.8) is 0 Å². The van der Waals surface area contributed by atoms with Crippen molar-refractivity contribution in [1.82, 2.24) is 5.32 Å². The Balaban J connectivity index is 0. The highest BCUT2D eigenvalue weighted by Gasteiger charge is 2.21. The summed E-state index contributed by atoms with van der Waals surface area (Å²) in [5.41, 5.74) is 0.277. The molecule has 0 spiro atoms. The third kappa shape index (κ3) is 6.50. The van der Waals surface area contributed by atoms with E-state index >= 15 is 0 Å². The predicted molar refractivity (Wildman–Crippen MR) is 64.2 cm³/mol. The summed E-state index contributed by atoms with van der Waals surface area (Å²) in [6.45, 7) is 9.54. The Morgan fingerprint density at radius 2 is 1.93 bits per heavy atom. The van der Waals surface area contributed by atoms with Gasteiger partial charge in [-0.15, -0.1) is 24.0 Å². The van der Waals surface area contributed by atoms with Crippen molar-refractivity contribution in [1.29, 1.82) is 0 Å². The molecule has 0 rings (SSSR count). The molecule has 0 fully saturated rings. The summed E-state index contributed by atoms with van der Waals surface area (Å²) < 4.78 is 0. The van der Waals surface area contributed by atoms with E-state index in [4.69, 9.17) is 11.6 Å². The molecular formula is C10H21Cl2NO. The number of rotatable bonds is 5. The van der Waals surface area contributed by atoms with E-state index in [1.54, 1.807) is 0 Å². The van der Waals surface area contributed by atoms with Crippen LogP contribution in [0.4, 0.5) is 0 Å². The van der Waals surface area contributed by atoms with E-state index in [0.29, 0.717) is 5.92 Å². The van der Waals surface area contributed by atoms with Crippen LogP contribution < -0.4 is 5.32 Å². The van der Waals surface area contributed by atoms with E-state index in [2.05, 4.69) is 33.0 Å². The molecule has 2 nitrogen and oxygen atoms in total. The van der Waals surface area contributed by atoms with Gasteiger partial charge in [0, 0.05) is 6.54 Å². The first-order valence-corrected chi connectivity index (χ1v) is 5.26. The molecule has 1 amide bonds. The van der Waals surface area contributed by atoms with Gasteiger partial charge in [-0.3, -0.25) is 4.79 Å². The number of halogens is 2. The molecule has 0 atom stereocenters. The van der Waals surface area contributed by atoms with Crippen molar-refractivity contribution >= 4 is 29.9 Å². The van der Waals surface area contributed by atoms with Gasteiger partial charge < -0.3 is 5.32 Å². The SMILES string of the molecule is CC(C)C(C)(C)CCNC(=O)CCl.Cl. The summed E-state index contributed by atoms with van der Waals surface area (Å²) in [6, 6.07) is 0. The third-order valence-electron chi connectivity index (χ3n) is 2.78. The first-order chi connectivity index (χ1) is 5.90. The maximum atomic E-state index is 10.8. The summed E-state index contributed by atoms with van der Waals surface area (Å²) in [7, 11) is 0. The number of hydrogen-bond acceptors (Lipinski definition) is 1. The Bertz CT molecular complexity index is 170. The Labute approximate surface area is 98.2 Å². The van der Waals surface area contributed by atoms with Crippen molar-refractivity contribution in [2.75, 3.05) is 12.4 Å². The van der Waals surface area contributed by atoms with Crippen LogP contribution in [0.1, 0.15) is 34.1 Å². The topological polar surface area (TPSA) is 29.1 Å². The van der Waals surface area contributed by atoms with E-state index in [9.17, 15) is 4.79 Å². The largest absolute Gasteiger partial charge is 0.355 e. The Hall–Kier alpha value is 0.0500. The molecule has 86 valence electrons. The third-order valence-corrected chi connectivity index (χ3v) is 3.02. The summed E-state index contributed by atoms with van der Waals surface area (Å²) in [5.74, 6) is 0.601. The van der Waals surface area contributed by atoms with Crippen molar-refractivity contribution in [2.45, 2.75) is 34.1 Å². The first kappa shape index (κ1) is 16.5. The molecule has 0 radical (unpaired) electrons. The fraction of sp³-hybridized carbons (Fsp3) is 0.900. The smallest absolute Gasteiger partial charge is 0.234 e. The Morgan fingerprint density at radius 1 is 1.43 bits per heavy atom. The molecule has 0 aliphatic carbocycles. The molecule has 0 aromatic heterocycles. The molecule has 0 saturated heterocycles. The zero-order chi connectivity index (χ0) is 10.5. The second kappa shape index (κ2) is 7.36. The van der Waals surface area contributed by atoms with Gasteiger partial charge in [-0.05, 0) is 17.8 Å². The maximum absolute atomic E-state index is 10.8. The minimum Gasteiger partial charge on any atom is -0.355 e. The normalized spacial score (nSPS) is 11.0. The molecule has 0 heterocycles. The van der Waals surface area contributed by atoms with Crippen LogP contribution in [0.3, 0.4) is 0 Å². The summed E-state index contributed by atoms with van der Waals surface area (Å²) in [5, 5.41) is 2.77. The van der Waals surface area contributed by atoms with Crippen LogP contribution >= 0.6 is 24.0 Å². The second-order valence-electron chi connectivity index (χ2n) is 4.38. The number of amides is 1. The number of nitrogens with one attached hydrogen (secondary N) is 1. The van der Waals surface area contributed by atoms with E-state index in [1.807, 2.05) is 0 Å². The molecule has 0 saturated carbocycles. The van der Waals surface area contributed by atoms with Gasteiger partial charge in [-0.2, -0.15) is 0 Å². The Kier molecular flexibility index (Phi) is 8.66. The lowest BCUT2D eigenvalue weighted by Gasteiger charge is -2.29. The number of hydrogen-bond donors (Lipinski definition) is 1. The molecule has 0 bridgehead atoms. The zero-order valence-corrected chi connectivity index (χ0v) is 11.0. The molecule has 0 aromatic carbocycles. The van der Waals surface area contributed by atoms with Gasteiger partial charge in [-0.1, -0.05) is 27.7 Å². The molecule has 0 aliphatic rings. The highest BCUT2D eigenvalue weighted by molar-refractivity contribution is 6.27. The molecule has 0 unspecified atom stereocenters. The average molecular weight is 242 g/mol. The standard InChI is InChI=1S/C10H20ClNO.ClH/c1-8(2)10(3,4)5-6-12-9(13)7-11;/h8H,5-7H2,1-4H3,(H,12,13);1H. The Morgan fingerprint density at radius 3 is 2.29 bits per heavy atom. The minimum absolute atomic E-state index is 0. The monoisotopic (exact) mass is 241 g/mol. The molecule has 14 heavy (non-hydrogen) atoms. The van der Waals surface area contributed by atoms with Crippen molar-refractivity contribution in [3.8, 4) is 0 Å². The first-order valence-electron chi connectivity index (χ1n) is 4.73. The van der Waals surface area contributed by atoms with Gasteiger partial charge in [0.2, 0.25) is 5.91 Å². The lowest BCUT2D eigenvalue weighted by atomic mass is 9.78. The number of carbonyl (C=O) groups is 1. The predicted octanol–water partition coefficient (Wildman–Crippen LogP) is 2.84. The summed E-state index contributed by atoms with van der Waals surface area (Å²) in [6.07, 6.45) is 0.993. The minimum atomic E-state index is -0.0822. The highest BCUT2D eigenvalue weighted by Crippen LogP contribution is 2.29. The zero-order valence-electron chi connectivity index (χ0n) is 9.39. The van der Waals surface area contributed by atoms with Crippen LogP contribution in [-0.2, 0) is 4.79 Å². The van der Waals surface area contributed by atoms with E-state index in [1.165, 1.54) is 0 Å². The molecule has 1 N–H and O–H groups in total. The van der Waals surface area contributed by atoms with Gasteiger partial charge in [-0.25, -0.2) is 0 Å². The summed E-state index contributed by atoms with van der Waals surface area (Å²) in [4.78, 5) is 10.8. The van der Waals surface area contributed by atoms with Crippen LogP contribution in [0.15, 0.2) is 0 Å². The van der Waals surface area contributed by atoms with Gasteiger partial charge in [0.1, 0.15) is 5.88 Å². The van der Waals surface area contributed by atoms with Crippen molar-refractivity contribution < 1.29 is 4.79 Å². The van der Waals surface area contributed by atoms with Gasteiger partial charge in [0.25, 0.3) is 0 Å². The maximum Gasteiger partial charge on any atom is 0.234 e. The van der Waals surface area contributed by atoms with Gasteiger partial charge in [0.15, 0.2) is 0 Å². The van der Waals surface area contributed by atoms with Crippen molar-refractivity contribution in [2.24, 2.45) is 11.3 Å². The quantitative estimate of drug-likeness (QED) is 0.738. The van der Waals surface area contributed by atoms with Crippen LogP contribution in [0.2, 0.25) is 0 Å². The lowest BCUT2D eigenvalue weighted by Crippen LogP contribution is -2.30. The summed E-state index contributed by atoms with van der Waals surface area (Å²) >= 11 is 5.35. The second-order valence-corrected chi connectivity index (χ2v) is 4.64. The van der Waals surface area contributed by atoms with Crippen LogP contribution in [-0.4, -0.2) is 18.3 Å². The molecule has 0 aliphatic heterocycles. The van der Waals surface area contributed by atoms with Crippen LogP contribution in [0.5, 0.6) is 0 Å². The van der Waals surface area contributed by atoms with E-state index < -0.39 is 0 Å². The lowest BCUT2D eigenvalue weighted by molar-refractivity contribution is -0.118. The van der Waals surface area contributed by atoms with Gasteiger partial charge in [0.05, 0.1) is 0 Å². The van der Waals surface area contributed by atoms with Crippen LogP contribution in [0.25, 0.3) is 0 Å². The number of alkyl halides is 1. The number of carbonyl (C=O) groups excluding carboxylic acids is 1. The van der Waals surface area contributed by atoms with Crippen LogP contribution in [0, 0.1) is 11.3 Å². The molecule has 0 aromatic rings. The van der Waals surface area contributed by atoms with E-state index in [0.717, 1.165) is 13.0 Å². The van der Waals surface area contributed by atoms with E-state index in [-0.39, 0.29) is 29.6 Å². The fourth-order valence-electron chi connectivity index (χ4n) is 0.860. The fourth-order valence-corrected chi connectivity index (χ4v) is 0.954. The van der Waals surface area contributed by atoms with Gasteiger partial charge >= 0.3 is 0 Å². The molecular weight excluding hydrogens is 221 g/mol. The highest BCUT2D eigenvalue weighted by atomic mass is 35.5.